The van der Waals surface area contributed by atoms with Gasteiger partial charge in [0.05, 0.1) is 11.6 Å². The number of rotatable bonds is 3. The van der Waals surface area contributed by atoms with Gasteiger partial charge in [-0.2, -0.15) is 5.26 Å². The van der Waals surface area contributed by atoms with Gasteiger partial charge in [-0.05, 0) is 30.2 Å². The van der Waals surface area contributed by atoms with Crippen molar-refractivity contribution in [2.24, 2.45) is 0 Å². The molecule has 0 amide bonds. The molecule has 1 aliphatic rings. The number of hydrogen-bond acceptors (Lipinski definition) is 3. The van der Waals surface area contributed by atoms with Crippen molar-refractivity contribution in [1.29, 1.82) is 5.26 Å². The molecule has 1 aromatic carbocycles. The lowest BCUT2D eigenvalue weighted by Gasteiger charge is -2.26. The average Bonchev–Trinajstić information content (AvgIpc) is 2.88. The highest BCUT2D eigenvalue weighted by Crippen LogP contribution is 2.20. The van der Waals surface area contributed by atoms with Crippen LogP contribution in [-0.4, -0.2) is 42.6 Å². The molecular weight excluding hydrogens is 236 g/mol. The summed E-state index contributed by atoms with van der Waals surface area (Å²) >= 11 is 0. The third kappa shape index (κ3) is 2.62. The minimum Gasteiger partial charge on any atom is -0.361 e. The van der Waals surface area contributed by atoms with E-state index >= 15 is 0 Å². The van der Waals surface area contributed by atoms with Gasteiger partial charge in [0.2, 0.25) is 0 Å². The predicted octanol–water partition coefficient (Wildman–Crippen LogP) is 1.49. The van der Waals surface area contributed by atoms with Gasteiger partial charge < -0.3 is 15.2 Å². The molecule has 2 heterocycles. The molecule has 0 bridgehead atoms. The van der Waals surface area contributed by atoms with E-state index in [1.165, 1.54) is 10.9 Å². The largest absolute Gasteiger partial charge is 0.361 e. The van der Waals surface area contributed by atoms with Gasteiger partial charge in [0, 0.05) is 49.8 Å². The molecule has 0 spiro atoms. The Morgan fingerprint density at radius 3 is 2.89 bits per heavy atom. The van der Waals surface area contributed by atoms with E-state index in [2.05, 4.69) is 27.5 Å². The second-order valence-corrected chi connectivity index (χ2v) is 5.03. The Labute approximate surface area is 113 Å². The Bertz CT molecular complexity index is 602. The molecule has 0 radical (unpaired) electrons. The number of aromatic nitrogens is 1. The maximum absolute atomic E-state index is 8.98. The van der Waals surface area contributed by atoms with E-state index in [-0.39, 0.29) is 0 Å². The molecule has 1 saturated heterocycles. The number of nitrogens with zero attached hydrogens (tertiary/aromatic N) is 2. The summed E-state index contributed by atoms with van der Waals surface area (Å²) in [6.07, 6.45) is 3.11. The molecule has 0 unspecified atom stereocenters. The monoisotopic (exact) mass is 254 g/mol. The molecule has 0 atom stereocenters. The number of benzene rings is 1. The molecular formula is C15H18N4. The SMILES string of the molecule is N#Cc1ccc2[nH]cc(CCN3CCNCC3)c2c1. The summed E-state index contributed by atoms with van der Waals surface area (Å²) in [4.78, 5) is 5.78. The fourth-order valence-corrected chi connectivity index (χ4v) is 2.67. The first-order chi connectivity index (χ1) is 9.36. The maximum Gasteiger partial charge on any atom is 0.0991 e. The molecule has 98 valence electrons. The van der Waals surface area contributed by atoms with Crippen LogP contribution in [0.3, 0.4) is 0 Å². The molecule has 1 fully saturated rings. The van der Waals surface area contributed by atoms with Crippen molar-refractivity contribution in [3.05, 3.63) is 35.5 Å². The van der Waals surface area contributed by atoms with Crippen LogP contribution in [-0.2, 0) is 6.42 Å². The van der Waals surface area contributed by atoms with Crippen LogP contribution >= 0.6 is 0 Å². The third-order valence-corrected chi connectivity index (χ3v) is 3.80. The predicted molar refractivity (Wildman–Crippen MR) is 76.0 cm³/mol. The van der Waals surface area contributed by atoms with Crippen LogP contribution in [0.2, 0.25) is 0 Å². The summed E-state index contributed by atoms with van der Waals surface area (Å²) < 4.78 is 0. The Hall–Kier alpha value is -1.83. The lowest BCUT2D eigenvalue weighted by molar-refractivity contribution is 0.244. The van der Waals surface area contributed by atoms with Crippen LogP contribution in [0.1, 0.15) is 11.1 Å². The molecule has 2 N–H and O–H groups in total. The van der Waals surface area contributed by atoms with Gasteiger partial charge in [-0.15, -0.1) is 0 Å². The van der Waals surface area contributed by atoms with Crippen LogP contribution in [0, 0.1) is 11.3 Å². The minimum absolute atomic E-state index is 0.732. The number of nitriles is 1. The number of fused-ring (bicyclic) bond motifs is 1. The first kappa shape index (κ1) is 12.2. The van der Waals surface area contributed by atoms with E-state index in [4.69, 9.17) is 5.26 Å². The van der Waals surface area contributed by atoms with Crippen LogP contribution in [0.5, 0.6) is 0 Å². The Kier molecular flexibility index (Phi) is 3.49. The Morgan fingerprint density at radius 1 is 1.26 bits per heavy atom. The van der Waals surface area contributed by atoms with Crippen molar-refractivity contribution in [1.82, 2.24) is 15.2 Å². The zero-order chi connectivity index (χ0) is 13.1. The fraction of sp³-hybridized carbons (Fsp3) is 0.400. The maximum atomic E-state index is 8.98. The highest BCUT2D eigenvalue weighted by atomic mass is 15.2. The van der Waals surface area contributed by atoms with Crippen LogP contribution in [0.15, 0.2) is 24.4 Å². The molecule has 2 aromatic rings. The van der Waals surface area contributed by atoms with E-state index in [1.54, 1.807) is 0 Å². The highest BCUT2D eigenvalue weighted by molar-refractivity contribution is 5.84. The van der Waals surface area contributed by atoms with Gasteiger partial charge in [-0.3, -0.25) is 0 Å². The number of hydrogen-bond donors (Lipinski definition) is 2. The van der Waals surface area contributed by atoms with Gasteiger partial charge in [-0.25, -0.2) is 0 Å². The smallest absolute Gasteiger partial charge is 0.0991 e. The Balaban J connectivity index is 1.75. The van der Waals surface area contributed by atoms with Crippen molar-refractivity contribution < 1.29 is 0 Å². The summed E-state index contributed by atoms with van der Waals surface area (Å²) in [5, 5.41) is 13.5. The molecule has 4 nitrogen and oxygen atoms in total. The lowest BCUT2D eigenvalue weighted by Crippen LogP contribution is -2.44. The molecule has 0 aliphatic carbocycles. The van der Waals surface area contributed by atoms with E-state index < -0.39 is 0 Å². The van der Waals surface area contributed by atoms with E-state index in [0.29, 0.717) is 0 Å². The van der Waals surface area contributed by atoms with E-state index in [9.17, 15) is 0 Å². The molecule has 19 heavy (non-hydrogen) atoms. The van der Waals surface area contributed by atoms with Gasteiger partial charge >= 0.3 is 0 Å². The number of nitrogens with one attached hydrogen (secondary N) is 2. The number of H-pyrrole nitrogens is 1. The zero-order valence-corrected chi connectivity index (χ0v) is 10.9. The van der Waals surface area contributed by atoms with E-state index in [0.717, 1.165) is 50.2 Å². The van der Waals surface area contributed by atoms with Crippen molar-refractivity contribution in [3.8, 4) is 6.07 Å². The topological polar surface area (TPSA) is 54.9 Å². The number of aromatic amines is 1. The van der Waals surface area contributed by atoms with Crippen LogP contribution < -0.4 is 5.32 Å². The molecule has 0 saturated carbocycles. The summed E-state index contributed by atoms with van der Waals surface area (Å²) in [6, 6.07) is 8.04. The van der Waals surface area contributed by atoms with Gasteiger partial charge in [0.25, 0.3) is 0 Å². The normalized spacial score (nSPS) is 16.6. The summed E-state index contributed by atoms with van der Waals surface area (Å²) in [7, 11) is 0. The molecule has 1 aromatic heterocycles. The van der Waals surface area contributed by atoms with Gasteiger partial charge in [0.1, 0.15) is 0 Å². The summed E-state index contributed by atoms with van der Waals surface area (Å²) in [5.74, 6) is 0. The standard InChI is InChI=1S/C15H18N4/c16-10-12-1-2-15-14(9-12)13(11-18-15)3-6-19-7-4-17-5-8-19/h1-2,9,11,17-18H,3-8H2. The minimum atomic E-state index is 0.732. The lowest BCUT2D eigenvalue weighted by atomic mass is 10.1. The summed E-state index contributed by atoms with van der Waals surface area (Å²) in [6.45, 7) is 5.53. The first-order valence-corrected chi connectivity index (χ1v) is 6.80. The first-order valence-electron chi connectivity index (χ1n) is 6.80. The van der Waals surface area contributed by atoms with Crippen molar-refractivity contribution >= 4 is 10.9 Å². The van der Waals surface area contributed by atoms with Crippen LogP contribution in [0.4, 0.5) is 0 Å². The molecule has 1 aliphatic heterocycles. The molecule has 3 rings (SSSR count). The van der Waals surface area contributed by atoms with Gasteiger partial charge in [0.15, 0.2) is 0 Å². The molecule has 4 heteroatoms. The average molecular weight is 254 g/mol. The van der Waals surface area contributed by atoms with Crippen LogP contribution in [0.25, 0.3) is 10.9 Å². The van der Waals surface area contributed by atoms with Crippen molar-refractivity contribution in [3.63, 3.8) is 0 Å². The second-order valence-electron chi connectivity index (χ2n) is 5.03. The number of piperazine rings is 1. The quantitative estimate of drug-likeness (QED) is 0.872. The third-order valence-electron chi connectivity index (χ3n) is 3.80. The second kappa shape index (κ2) is 5.43. The van der Waals surface area contributed by atoms with Crippen molar-refractivity contribution in [2.75, 3.05) is 32.7 Å². The summed E-state index contributed by atoms with van der Waals surface area (Å²) in [5.41, 5.74) is 3.16. The van der Waals surface area contributed by atoms with Gasteiger partial charge in [-0.1, -0.05) is 0 Å². The Morgan fingerprint density at radius 2 is 2.11 bits per heavy atom. The van der Waals surface area contributed by atoms with Crippen molar-refractivity contribution in [2.45, 2.75) is 6.42 Å². The zero-order valence-electron chi connectivity index (χ0n) is 10.9. The fourth-order valence-electron chi connectivity index (χ4n) is 2.67. The van der Waals surface area contributed by atoms with E-state index in [1.807, 2.05) is 18.2 Å². The highest BCUT2D eigenvalue weighted by Gasteiger charge is 2.11.